The zero-order valence-corrected chi connectivity index (χ0v) is 16.9. The van der Waals surface area contributed by atoms with Crippen molar-refractivity contribution in [2.75, 3.05) is 10.6 Å². The van der Waals surface area contributed by atoms with Gasteiger partial charge in [0.25, 0.3) is 5.91 Å². The minimum absolute atomic E-state index is 0.109. The van der Waals surface area contributed by atoms with Crippen molar-refractivity contribution >= 4 is 34.1 Å². The summed E-state index contributed by atoms with van der Waals surface area (Å²) >= 11 is 0. The number of amides is 1. The van der Waals surface area contributed by atoms with Crippen LogP contribution in [0.4, 0.5) is 17.3 Å². The Hall–Kier alpha value is -3.26. The maximum absolute atomic E-state index is 12.0. The van der Waals surface area contributed by atoms with Gasteiger partial charge in [-0.1, -0.05) is 19.1 Å². The second kappa shape index (κ2) is 8.62. The average molecular weight is 406 g/mol. The van der Waals surface area contributed by atoms with Crippen LogP contribution in [0.5, 0.6) is 0 Å². The minimum atomic E-state index is -0.633. The minimum Gasteiger partial charge on any atom is -0.393 e. The predicted octanol–water partition coefficient (Wildman–Crippen LogP) is 3.15. The van der Waals surface area contributed by atoms with E-state index in [-0.39, 0.29) is 17.8 Å². The molecule has 0 unspecified atom stereocenters. The number of aliphatic hydroxyl groups is 1. The number of anilines is 3. The molecule has 1 aliphatic rings. The lowest BCUT2D eigenvalue weighted by molar-refractivity contribution is 0.0996. The van der Waals surface area contributed by atoms with Crippen LogP contribution in [0.3, 0.4) is 0 Å². The molecule has 0 atom stereocenters. The fourth-order valence-electron chi connectivity index (χ4n) is 3.79. The first-order valence-corrected chi connectivity index (χ1v) is 10.3. The molecular weight excluding hydrogens is 380 g/mol. The van der Waals surface area contributed by atoms with E-state index < -0.39 is 5.91 Å². The Bertz CT molecular complexity index is 1060. The number of aliphatic hydroxyl groups excluding tert-OH is 1. The molecule has 8 nitrogen and oxygen atoms in total. The van der Waals surface area contributed by atoms with Crippen molar-refractivity contribution in [3.63, 3.8) is 0 Å². The molecule has 0 aliphatic heterocycles. The van der Waals surface area contributed by atoms with E-state index in [9.17, 15) is 9.90 Å². The monoisotopic (exact) mass is 406 g/mol. The third-order valence-corrected chi connectivity index (χ3v) is 5.44. The maximum Gasteiger partial charge on any atom is 0.271 e. The van der Waals surface area contributed by atoms with Crippen LogP contribution in [-0.4, -0.2) is 38.1 Å². The molecule has 3 aromatic rings. The molecule has 2 aromatic heterocycles. The van der Waals surface area contributed by atoms with Gasteiger partial charge in [-0.2, -0.15) is 0 Å². The van der Waals surface area contributed by atoms with Crippen LogP contribution in [0, 0.1) is 0 Å². The van der Waals surface area contributed by atoms with Crippen molar-refractivity contribution in [2.45, 2.75) is 51.2 Å². The second-order valence-electron chi connectivity index (χ2n) is 7.62. The average Bonchev–Trinajstić information content (AvgIpc) is 2.75. The summed E-state index contributed by atoms with van der Waals surface area (Å²) in [6.45, 7) is 1.96. The number of aromatic nitrogens is 3. The van der Waals surface area contributed by atoms with E-state index in [2.05, 4.69) is 25.6 Å². The summed E-state index contributed by atoms with van der Waals surface area (Å²) in [6.07, 6.45) is 5.38. The van der Waals surface area contributed by atoms with Crippen LogP contribution in [0.15, 0.2) is 36.5 Å². The smallest absolute Gasteiger partial charge is 0.271 e. The van der Waals surface area contributed by atoms with Crippen LogP contribution < -0.4 is 16.4 Å². The van der Waals surface area contributed by atoms with Crippen molar-refractivity contribution in [3.05, 3.63) is 47.9 Å². The molecule has 1 aromatic carbocycles. The van der Waals surface area contributed by atoms with Crippen molar-refractivity contribution in [2.24, 2.45) is 5.73 Å². The molecule has 0 bridgehead atoms. The van der Waals surface area contributed by atoms with Gasteiger partial charge >= 0.3 is 0 Å². The van der Waals surface area contributed by atoms with Crippen molar-refractivity contribution < 1.29 is 9.90 Å². The van der Waals surface area contributed by atoms with Gasteiger partial charge < -0.3 is 21.5 Å². The van der Waals surface area contributed by atoms with Crippen LogP contribution >= 0.6 is 0 Å². The summed E-state index contributed by atoms with van der Waals surface area (Å²) < 4.78 is 0. The van der Waals surface area contributed by atoms with Crippen LogP contribution in [-0.2, 0) is 6.42 Å². The van der Waals surface area contributed by atoms with E-state index >= 15 is 0 Å². The van der Waals surface area contributed by atoms with Gasteiger partial charge in [0.2, 0.25) is 0 Å². The quantitative estimate of drug-likeness (QED) is 0.495. The Morgan fingerprint density at radius 3 is 2.70 bits per heavy atom. The molecule has 0 radical (unpaired) electrons. The van der Waals surface area contributed by atoms with E-state index in [0.717, 1.165) is 42.3 Å². The predicted molar refractivity (Wildman–Crippen MR) is 117 cm³/mol. The summed E-state index contributed by atoms with van der Waals surface area (Å²) in [5, 5.41) is 17.4. The SMILES string of the molecule is CCc1nc(C(N)=O)c(Nc2ccc3cccnc3c2)nc1N[C@H]1CC[C@H](O)CC1. The summed E-state index contributed by atoms with van der Waals surface area (Å²) in [7, 11) is 0. The molecule has 2 heterocycles. The molecule has 30 heavy (non-hydrogen) atoms. The molecule has 8 heteroatoms. The third-order valence-electron chi connectivity index (χ3n) is 5.44. The Labute approximate surface area is 175 Å². The van der Waals surface area contributed by atoms with Gasteiger partial charge in [-0.3, -0.25) is 9.78 Å². The number of aryl methyl sites for hydroxylation is 1. The highest BCUT2D eigenvalue weighted by atomic mass is 16.3. The Morgan fingerprint density at radius 1 is 1.17 bits per heavy atom. The molecule has 1 aliphatic carbocycles. The summed E-state index contributed by atoms with van der Waals surface area (Å²) in [5.74, 6) is 0.324. The van der Waals surface area contributed by atoms with E-state index in [4.69, 9.17) is 5.73 Å². The molecule has 1 saturated carbocycles. The van der Waals surface area contributed by atoms with Gasteiger partial charge in [-0.05, 0) is 50.3 Å². The number of benzene rings is 1. The number of nitrogens with two attached hydrogens (primary N) is 1. The highest BCUT2D eigenvalue weighted by molar-refractivity contribution is 5.97. The molecule has 4 rings (SSSR count). The zero-order valence-electron chi connectivity index (χ0n) is 16.9. The molecule has 156 valence electrons. The van der Waals surface area contributed by atoms with E-state index in [0.29, 0.717) is 23.8 Å². The van der Waals surface area contributed by atoms with Gasteiger partial charge in [0, 0.05) is 23.3 Å². The number of pyridine rings is 1. The number of primary amides is 1. The summed E-state index contributed by atoms with van der Waals surface area (Å²) in [6, 6.07) is 9.84. The zero-order chi connectivity index (χ0) is 21.1. The number of carbonyl (C=O) groups excluding carboxylic acids is 1. The number of hydrogen-bond acceptors (Lipinski definition) is 7. The molecule has 1 amide bonds. The fourth-order valence-corrected chi connectivity index (χ4v) is 3.79. The first kappa shape index (κ1) is 20.0. The van der Waals surface area contributed by atoms with Gasteiger partial charge in [-0.15, -0.1) is 0 Å². The number of carbonyl (C=O) groups is 1. The molecule has 1 fully saturated rings. The first-order valence-electron chi connectivity index (χ1n) is 10.3. The van der Waals surface area contributed by atoms with Gasteiger partial charge in [0.05, 0.1) is 17.3 Å². The molecular formula is C22H26N6O2. The number of rotatable bonds is 6. The standard InChI is InChI=1S/C22H26N6O2/c1-2-17-21(25-14-7-9-16(29)10-8-14)28-22(19(27-17)20(23)30)26-15-6-5-13-4-3-11-24-18(13)12-15/h3-6,11-12,14,16,29H,2,7-10H2,1H3,(H2,23,30)(H2,25,26,28)/t14-,16-. The van der Waals surface area contributed by atoms with Crippen LogP contribution in [0.1, 0.15) is 48.8 Å². The third kappa shape index (κ3) is 4.33. The van der Waals surface area contributed by atoms with E-state index in [1.165, 1.54) is 0 Å². The molecule has 0 saturated heterocycles. The van der Waals surface area contributed by atoms with Crippen molar-refractivity contribution in [1.82, 2.24) is 15.0 Å². The number of nitrogens with one attached hydrogen (secondary N) is 2. The highest BCUT2D eigenvalue weighted by Crippen LogP contribution is 2.27. The first-order chi connectivity index (χ1) is 14.5. The maximum atomic E-state index is 12.0. The topological polar surface area (TPSA) is 126 Å². The van der Waals surface area contributed by atoms with Gasteiger partial charge in [0.15, 0.2) is 11.5 Å². The lowest BCUT2D eigenvalue weighted by Gasteiger charge is -2.27. The van der Waals surface area contributed by atoms with Crippen molar-refractivity contribution in [1.29, 1.82) is 0 Å². The number of fused-ring (bicyclic) bond motifs is 1. The van der Waals surface area contributed by atoms with Crippen molar-refractivity contribution in [3.8, 4) is 0 Å². The normalized spacial score (nSPS) is 18.9. The Kier molecular flexibility index (Phi) is 5.76. The van der Waals surface area contributed by atoms with Crippen LogP contribution in [0.2, 0.25) is 0 Å². The Morgan fingerprint density at radius 2 is 1.97 bits per heavy atom. The lowest BCUT2D eigenvalue weighted by atomic mass is 9.93. The molecule has 0 spiro atoms. The van der Waals surface area contributed by atoms with Gasteiger partial charge in [0.1, 0.15) is 5.82 Å². The molecule has 5 N–H and O–H groups in total. The number of hydrogen-bond donors (Lipinski definition) is 4. The number of nitrogens with zero attached hydrogens (tertiary/aromatic N) is 3. The summed E-state index contributed by atoms with van der Waals surface area (Å²) in [5.41, 5.74) is 7.97. The van der Waals surface area contributed by atoms with Gasteiger partial charge in [-0.25, -0.2) is 9.97 Å². The van der Waals surface area contributed by atoms with Crippen LogP contribution in [0.25, 0.3) is 10.9 Å². The largest absolute Gasteiger partial charge is 0.393 e. The van der Waals surface area contributed by atoms with E-state index in [1.807, 2.05) is 37.3 Å². The Balaban J connectivity index is 1.66. The summed E-state index contributed by atoms with van der Waals surface area (Å²) in [4.78, 5) is 25.6. The highest BCUT2D eigenvalue weighted by Gasteiger charge is 2.23. The second-order valence-corrected chi connectivity index (χ2v) is 7.62. The lowest BCUT2D eigenvalue weighted by Crippen LogP contribution is -2.29. The fraction of sp³-hybridized carbons (Fsp3) is 0.364. The van der Waals surface area contributed by atoms with E-state index in [1.54, 1.807) is 6.20 Å².